The summed E-state index contributed by atoms with van der Waals surface area (Å²) < 4.78 is 0. The lowest BCUT2D eigenvalue weighted by Gasteiger charge is -2.26. The van der Waals surface area contributed by atoms with Crippen molar-refractivity contribution in [2.75, 3.05) is 0 Å². The summed E-state index contributed by atoms with van der Waals surface area (Å²) in [6.45, 7) is 3.73. The number of carbonyl (C=O) groups is 1. The Balaban J connectivity index is 2.68. The van der Waals surface area contributed by atoms with Gasteiger partial charge >= 0.3 is 0 Å². The number of carbonyl (C=O) groups excluding carboxylic acids is 1. The number of allylic oxidation sites excluding steroid dienone is 4. The van der Waals surface area contributed by atoms with Gasteiger partial charge in [0.05, 0.1) is 0 Å². The normalized spacial score (nSPS) is 29.1. The molecule has 0 saturated heterocycles. The van der Waals surface area contributed by atoms with Crippen molar-refractivity contribution in [1.29, 1.82) is 0 Å². The highest BCUT2D eigenvalue weighted by molar-refractivity contribution is 6.15. The van der Waals surface area contributed by atoms with Crippen LogP contribution in [0.4, 0.5) is 0 Å². The van der Waals surface area contributed by atoms with Crippen molar-refractivity contribution in [2.45, 2.75) is 13.8 Å². The second-order valence-electron chi connectivity index (χ2n) is 3.59. The zero-order valence-electron chi connectivity index (χ0n) is 8.24. The third-order valence-electron chi connectivity index (χ3n) is 2.83. The molecule has 0 aromatic rings. The van der Waals surface area contributed by atoms with Gasteiger partial charge in [-0.15, -0.1) is 0 Å². The minimum absolute atomic E-state index is 0.355. The number of primary amides is 1. The van der Waals surface area contributed by atoms with E-state index in [1.54, 1.807) is 0 Å². The Kier molecular flexibility index (Phi) is 1.71. The van der Waals surface area contributed by atoms with Crippen molar-refractivity contribution >= 4 is 11.6 Å². The third-order valence-corrected chi connectivity index (χ3v) is 2.83. The van der Waals surface area contributed by atoms with Crippen molar-refractivity contribution in [1.82, 2.24) is 0 Å². The average Bonchev–Trinajstić information content (AvgIpc) is 2.41. The highest BCUT2D eigenvalue weighted by Gasteiger charge is 2.45. The molecule has 1 heterocycles. The standard InChI is InChI=1S/C11H12N2O/c1-7-9-5-3-4-6-11(9,10(12)14)8(2)13-7/h3-6H,1-2H3,(H2,12,14). The van der Waals surface area contributed by atoms with Gasteiger partial charge < -0.3 is 5.73 Å². The van der Waals surface area contributed by atoms with Crippen molar-refractivity contribution in [2.24, 2.45) is 16.1 Å². The summed E-state index contributed by atoms with van der Waals surface area (Å²) in [6.07, 6.45) is 7.46. The predicted molar refractivity (Wildman–Crippen MR) is 55.7 cm³/mol. The van der Waals surface area contributed by atoms with Crippen LogP contribution in [0.1, 0.15) is 13.8 Å². The molecule has 0 aromatic carbocycles. The molecular formula is C11H12N2O. The molecule has 1 aliphatic carbocycles. The third kappa shape index (κ3) is 0.867. The second kappa shape index (κ2) is 2.67. The van der Waals surface area contributed by atoms with Crippen LogP contribution < -0.4 is 5.73 Å². The lowest BCUT2D eigenvalue weighted by atomic mass is 9.74. The van der Waals surface area contributed by atoms with E-state index in [0.29, 0.717) is 0 Å². The summed E-state index contributed by atoms with van der Waals surface area (Å²) in [7, 11) is 0. The van der Waals surface area contributed by atoms with Crippen LogP contribution in [0.2, 0.25) is 0 Å². The quantitative estimate of drug-likeness (QED) is 0.663. The summed E-state index contributed by atoms with van der Waals surface area (Å²) in [5.41, 5.74) is 7.22. The predicted octanol–water partition coefficient (Wildman–Crippen LogP) is 1.33. The lowest BCUT2D eigenvalue weighted by molar-refractivity contribution is -0.121. The molecule has 0 saturated carbocycles. The topological polar surface area (TPSA) is 55.4 Å². The monoisotopic (exact) mass is 188 g/mol. The highest BCUT2D eigenvalue weighted by atomic mass is 16.1. The van der Waals surface area contributed by atoms with Gasteiger partial charge in [0.2, 0.25) is 5.91 Å². The number of hydrogen-bond acceptors (Lipinski definition) is 2. The van der Waals surface area contributed by atoms with Crippen LogP contribution in [0.15, 0.2) is 40.6 Å². The molecule has 72 valence electrons. The number of fused-ring (bicyclic) bond motifs is 1. The molecule has 0 aromatic heterocycles. The van der Waals surface area contributed by atoms with Crippen LogP contribution in [-0.4, -0.2) is 11.6 Å². The zero-order valence-corrected chi connectivity index (χ0v) is 8.24. The van der Waals surface area contributed by atoms with E-state index in [9.17, 15) is 4.79 Å². The molecule has 1 atom stereocenters. The molecule has 1 amide bonds. The van der Waals surface area contributed by atoms with Crippen LogP contribution in [0, 0.1) is 5.41 Å². The van der Waals surface area contributed by atoms with E-state index in [2.05, 4.69) is 4.99 Å². The van der Waals surface area contributed by atoms with E-state index >= 15 is 0 Å². The summed E-state index contributed by atoms with van der Waals surface area (Å²) in [6, 6.07) is 0. The summed E-state index contributed by atoms with van der Waals surface area (Å²) in [5.74, 6) is -0.355. The number of hydrogen-bond donors (Lipinski definition) is 1. The van der Waals surface area contributed by atoms with Crippen molar-refractivity contribution < 1.29 is 4.79 Å². The number of amides is 1. The molecule has 14 heavy (non-hydrogen) atoms. The van der Waals surface area contributed by atoms with Gasteiger partial charge in [0.25, 0.3) is 0 Å². The van der Waals surface area contributed by atoms with Crippen LogP contribution in [0.3, 0.4) is 0 Å². The number of rotatable bonds is 1. The molecule has 1 unspecified atom stereocenters. The molecule has 3 heteroatoms. The maximum absolute atomic E-state index is 11.5. The fraction of sp³-hybridized carbons (Fsp3) is 0.273. The van der Waals surface area contributed by atoms with E-state index in [4.69, 9.17) is 5.73 Å². The Morgan fingerprint density at radius 3 is 2.71 bits per heavy atom. The van der Waals surface area contributed by atoms with E-state index < -0.39 is 5.41 Å². The summed E-state index contributed by atoms with van der Waals surface area (Å²) in [5, 5.41) is 0. The molecule has 1 aliphatic heterocycles. The first-order valence-corrected chi connectivity index (χ1v) is 4.52. The van der Waals surface area contributed by atoms with Crippen LogP contribution in [-0.2, 0) is 4.79 Å². The fourth-order valence-corrected chi connectivity index (χ4v) is 2.09. The second-order valence-corrected chi connectivity index (χ2v) is 3.59. The Labute approximate surface area is 82.7 Å². The van der Waals surface area contributed by atoms with Crippen LogP contribution >= 0.6 is 0 Å². The molecular weight excluding hydrogens is 176 g/mol. The maximum atomic E-state index is 11.5. The van der Waals surface area contributed by atoms with Crippen LogP contribution in [0.5, 0.6) is 0 Å². The van der Waals surface area contributed by atoms with Crippen molar-refractivity contribution in [3.05, 3.63) is 35.6 Å². The van der Waals surface area contributed by atoms with E-state index in [1.807, 2.05) is 38.2 Å². The van der Waals surface area contributed by atoms with Gasteiger partial charge in [-0.3, -0.25) is 9.79 Å². The minimum atomic E-state index is -0.779. The zero-order chi connectivity index (χ0) is 10.3. The molecule has 0 spiro atoms. The smallest absolute Gasteiger partial charge is 0.237 e. The Morgan fingerprint density at radius 2 is 2.14 bits per heavy atom. The van der Waals surface area contributed by atoms with Gasteiger partial charge in [-0.25, -0.2) is 0 Å². The largest absolute Gasteiger partial charge is 0.368 e. The van der Waals surface area contributed by atoms with Crippen LogP contribution in [0.25, 0.3) is 0 Å². The first-order chi connectivity index (χ1) is 6.59. The molecule has 0 radical (unpaired) electrons. The molecule has 2 N–H and O–H groups in total. The molecule has 2 rings (SSSR count). The first kappa shape index (κ1) is 8.94. The van der Waals surface area contributed by atoms with E-state index in [-0.39, 0.29) is 5.91 Å². The van der Waals surface area contributed by atoms with Gasteiger partial charge in [0.1, 0.15) is 5.41 Å². The maximum Gasteiger partial charge on any atom is 0.237 e. The Bertz CT molecular complexity index is 427. The molecule has 0 fully saturated rings. The van der Waals surface area contributed by atoms with Gasteiger partial charge in [-0.05, 0) is 19.4 Å². The van der Waals surface area contributed by atoms with E-state index in [0.717, 1.165) is 17.0 Å². The highest BCUT2D eigenvalue weighted by Crippen LogP contribution is 2.41. The fourth-order valence-electron chi connectivity index (χ4n) is 2.09. The van der Waals surface area contributed by atoms with Gasteiger partial charge in [-0.2, -0.15) is 0 Å². The SMILES string of the molecule is CC1=NC(C)=C2C=CC=CC12C(N)=O. The van der Waals surface area contributed by atoms with Crippen molar-refractivity contribution in [3.63, 3.8) is 0 Å². The number of aliphatic imine (C=N–C) groups is 1. The molecule has 0 bridgehead atoms. The Hall–Kier alpha value is -1.64. The number of nitrogens with two attached hydrogens (primary N) is 1. The van der Waals surface area contributed by atoms with Crippen molar-refractivity contribution in [3.8, 4) is 0 Å². The van der Waals surface area contributed by atoms with Gasteiger partial charge in [-0.1, -0.05) is 24.3 Å². The molecule has 3 nitrogen and oxygen atoms in total. The molecule has 2 aliphatic rings. The van der Waals surface area contributed by atoms with E-state index in [1.165, 1.54) is 0 Å². The summed E-state index contributed by atoms with van der Waals surface area (Å²) >= 11 is 0. The lowest BCUT2D eigenvalue weighted by Crippen LogP contribution is -2.41. The number of nitrogens with zero attached hydrogens (tertiary/aromatic N) is 1. The van der Waals surface area contributed by atoms with Gasteiger partial charge in [0, 0.05) is 11.4 Å². The summed E-state index contributed by atoms with van der Waals surface area (Å²) in [4.78, 5) is 15.9. The van der Waals surface area contributed by atoms with Gasteiger partial charge in [0.15, 0.2) is 0 Å². The minimum Gasteiger partial charge on any atom is -0.368 e. The first-order valence-electron chi connectivity index (χ1n) is 4.52. The Morgan fingerprint density at radius 1 is 1.43 bits per heavy atom. The average molecular weight is 188 g/mol.